The van der Waals surface area contributed by atoms with Crippen LogP contribution in [0.2, 0.25) is 0 Å². The molecule has 0 bridgehead atoms. The summed E-state index contributed by atoms with van der Waals surface area (Å²) in [7, 11) is 2.10. The van der Waals surface area contributed by atoms with Crippen LogP contribution < -0.4 is 10.6 Å². The molecule has 0 aromatic rings. The molecule has 1 heterocycles. The average Bonchev–Trinajstić information content (AvgIpc) is 2.93. The topological polar surface area (TPSA) is 81.7 Å². The minimum atomic E-state index is -0.783. The monoisotopic (exact) mass is 297 g/mol. The number of carboxylic acids is 1. The van der Waals surface area contributed by atoms with E-state index >= 15 is 0 Å². The van der Waals surface area contributed by atoms with Crippen molar-refractivity contribution < 1.29 is 14.7 Å². The maximum atomic E-state index is 11.9. The predicted molar refractivity (Wildman–Crippen MR) is 80.2 cm³/mol. The van der Waals surface area contributed by atoms with Crippen molar-refractivity contribution in [1.82, 2.24) is 15.5 Å². The van der Waals surface area contributed by atoms with E-state index in [2.05, 4.69) is 22.6 Å². The van der Waals surface area contributed by atoms with E-state index in [1.54, 1.807) is 0 Å². The summed E-state index contributed by atoms with van der Waals surface area (Å²) in [5.74, 6) is -0.288. The van der Waals surface area contributed by atoms with Gasteiger partial charge in [-0.15, -0.1) is 0 Å². The third-order valence-corrected chi connectivity index (χ3v) is 4.88. The van der Waals surface area contributed by atoms with E-state index in [9.17, 15) is 14.7 Å². The van der Waals surface area contributed by atoms with E-state index in [0.29, 0.717) is 25.3 Å². The lowest BCUT2D eigenvalue weighted by atomic mass is 9.86. The van der Waals surface area contributed by atoms with E-state index in [1.165, 1.54) is 6.42 Å². The number of amides is 2. The number of urea groups is 1. The van der Waals surface area contributed by atoms with Gasteiger partial charge in [0.05, 0.1) is 5.41 Å². The molecule has 2 rings (SSSR count). The Labute approximate surface area is 126 Å². The zero-order valence-corrected chi connectivity index (χ0v) is 12.9. The van der Waals surface area contributed by atoms with Crippen molar-refractivity contribution in [2.75, 3.05) is 33.2 Å². The van der Waals surface area contributed by atoms with Gasteiger partial charge in [-0.25, -0.2) is 4.79 Å². The zero-order valence-electron chi connectivity index (χ0n) is 12.9. The maximum Gasteiger partial charge on any atom is 0.314 e. The molecule has 0 aromatic heterocycles. The Kier molecular flexibility index (Phi) is 5.45. The van der Waals surface area contributed by atoms with Gasteiger partial charge in [-0.1, -0.05) is 12.8 Å². The van der Waals surface area contributed by atoms with Crippen LogP contribution in [-0.2, 0) is 4.79 Å². The Balaban J connectivity index is 1.70. The summed E-state index contributed by atoms with van der Waals surface area (Å²) < 4.78 is 0. The highest BCUT2D eigenvalue weighted by molar-refractivity contribution is 5.78. The van der Waals surface area contributed by atoms with Gasteiger partial charge < -0.3 is 20.6 Å². The summed E-state index contributed by atoms with van der Waals surface area (Å²) in [4.78, 5) is 25.5. The van der Waals surface area contributed by atoms with Crippen molar-refractivity contribution in [3.05, 3.63) is 0 Å². The van der Waals surface area contributed by atoms with E-state index in [1.807, 2.05) is 0 Å². The summed E-state index contributed by atoms with van der Waals surface area (Å²) in [5.41, 5.74) is -0.748. The third-order valence-electron chi connectivity index (χ3n) is 4.88. The fourth-order valence-corrected chi connectivity index (χ4v) is 3.51. The van der Waals surface area contributed by atoms with Gasteiger partial charge in [-0.2, -0.15) is 0 Å². The van der Waals surface area contributed by atoms with Gasteiger partial charge in [0.15, 0.2) is 0 Å². The van der Waals surface area contributed by atoms with Crippen LogP contribution in [0, 0.1) is 11.3 Å². The Hall–Kier alpha value is -1.30. The fourth-order valence-electron chi connectivity index (χ4n) is 3.51. The lowest BCUT2D eigenvalue weighted by Gasteiger charge is -2.30. The first-order valence-electron chi connectivity index (χ1n) is 7.95. The Morgan fingerprint density at radius 1 is 1.24 bits per heavy atom. The molecule has 1 saturated heterocycles. The number of nitrogens with one attached hydrogen (secondary N) is 2. The maximum absolute atomic E-state index is 11.9. The summed E-state index contributed by atoms with van der Waals surface area (Å²) in [6, 6.07) is -0.240. The molecule has 1 aliphatic carbocycles. The summed E-state index contributed by atoms with van der Waals surface area (Å²) in [5, 5.41) is 15.0. The number of likely N-dealkylation sites (tertiary alicyclic amines) is 1. The molecule has 2 amide bonds. The fraction of sp³-hybridized carbons (Fsp3) is 0.867. The van der Waals surface area contributed by atoms with Gasteiger partial charge in [0.2, 0.25) is 0 Å². The minimum absolute atomic E-state index is 0.235. The number of carbonyl (C=O) groups is 2. The molecule has 1 saturated carbocycles. The van der Waals surface area contributed by atoms with Gasteiger partial charge in [-0.05, 0) is 45.2 Å². The van der Waals surface area contributed by atoms with Crippen LogP contribution in [0.15, 0.2) is 0 Å². The van der Waals surface area contributed by atoms with Gasteiger partial charge >= 0.3 is 12.0 Å². The SMILES string of the molecule is CN1CCCC(CNC(=O)NCC2(C(=O)O)CCCC2)C1. The molecule has 0 radical (unpaired) electrons. The first kappa shape index (κ1) is 16.1. The number of rotatable bonds is 5. The quantitative estimate of drug-likeness (QED) is 0.714. The molecule has 2 aliphatic rings. The second-order valence-electron chi connectivity index (χ2n) is 6.63. The largest absolute Gasteiger partial charge is 0.481 e. The van der Waals surface area contributed by atoms with Crippen LogP contribution in [0.5, 0.6) is 0 Å². The number of aliphatic carboxylic acids is 1. The first-order valence-corrected chi connectivity index (χ1v) is 7.95. The number of nitrogens with zero attached hydrogens (tertiary/aromatic N) is 1. The average molecular weight is 297 g/mol. The molecular weight excluding hydrogens is 270 g/mol. The van der Waals surface area contributed by atoms with Gasteiger partial charge in [0.1, 0.15) is 0 Å². The second-order valence-corrected chi connectivity index (χ2v) is 6.63. The number of carboxylic acid groups (broad SMARTS) is 1. The second kappa shape index (κ2) is 7.11. The highest BCUT2D eigenvalue weighted by Gasteiger charge is 2.41. The minimum Gasteiger partial charge on any atom is -0.481 e. The number of piperidine rings is 1. The standard InChI is InChI=1S/C15H27N3O3/c1-18-8-4-5-12(10-18)9-16-14(21)17-11-15(13(19)20)6-2-3-7-15/h12H,2-11H2,1H3,(H,19,20)(H2,16,17,21). The van der Waals surface area contributed by atoms with Gasteiger partial charge in [-0.3, -0.25) is 4.79 Å². The van der Waals surface area contributed by atoms with Gasteiger partial charge in [0, 0.05) is 19.6 Å². The Bertz CT molecular complexity index is 380. The molecule has 2 fully saturated rings. The molecule has 6 nitrogen and oxygen atoms in total. The normalized spacial score (nSPS) is 25.5. The molecule has 1 aliphatic heterocycles. The molecule has 3 N–H and O–H groups in total. The Morgan fingerprint density at radius 2 is 1.95 bits per heavy atom. The molecule has 1 unspecified atom stereocenters. The predicted octanol–water partition coefficient (Wildman–Crippen LogP) is 1.27. The van der Waals surface area contributed by atoms with E-state index in [0.717, 1.165) is 32.4 Å². The van der Waals surface area contributed by atoms with Crippen molar-refractivity contribution in [1.29, 1.82) is 0 Å². The lowest BCUT2D eigenvalue weighted by Crippen LogP contribution is -2.47. The lowest BCUT2D eigenvalue weighted by molar-refractivity contribution is -0.148. The van der Waals surface area contributed by atoms with E-state index in [4.69, 9.17) is 0 Å². The van der Waals surface area contributed by atoms with Crippen molar-refractivity contribution >= 4 is 12.0 Å². The first-order chi connectivity index (χ1) is 10.0. The van der Waals surface area contributed by atoms with Crippen LogP contribution in [-0.4, -0.2) is 55.2 Å². The van der Waals surface area contributed by atoms with Crippen LogP contribution in [0.3, 0.4) is 0 Å². The molecular formula is C15H27N3O3. The molecule has 1 atom stereocenters. The van der Waals surface area contributed by atoms with E-state index in [-0.39, 0.29) is 12.6 Å². The van der Waals surface area contributed by atoms with Gasteiger partial charge in [0.25, 0.3) is 0 Å². The third kappa shape index (κ3) is 4.33. The molecule has 0 spiro atoms. The number of hydrogen-bond donors (Lipinski definition) is 3. The van der Waals surface area contributed by atoms with Crippen molar-refractivity contribution in [3.8, 4) is 0 Å². The molecule has 21 heavy (non-hydrogen) atoms. The Morgan fingerprint density at radius 3 is 2.57 bits per heavy atom. The van der Waals surface area contributed by atoms with Crippen LogP contribution >= 0.6 is 0 Å². The van der Waals surface area contributed by atoms with Crippen LogP contribution in [0.1, 0.15) is 38.5 Å². The molecule has 6 heteroatoms. The summed E-state index contributed by atoms with van der Waals surface area (Å²) >= 11 is 0. The summed E-state index contributed by atoms with van der Waals surface area (Å²) in [6.45, 7) is 3.04. The van der Waals surface area contributed by atoms with E-state index < -0.39 is 11.4 Å². The zero-order chi connectivity index (χ0) is 15.3. The van der Waals surface area contributed by atoms with Crippen molar-refractivity contribution in [2.24, 2.45) is 11.3 Å². The number of carbonyl (C=O) groups excluding carboxylic acids is 1. The highest BCUT2D eigenvalue weighted by atomic mass is 16.4. The molecule has 0 aromatic carbocycles. The van der Waals surface area contributed by atoms with Crippen molar-refractivity contribution in [3.63, 3.8) is 0 Å². The highest BCUT2D eigenvalue weighted by Crippen LogP contribution is 2.37. The van der Waals surface area contributed by atoms with Crippen molar-refractivity contribution in [2.45, 2.75) is 38.5 Å². The van der Waals surface area contributed by atoms with Crippen LogP contribution in [0.4, 0.5) is 4.79 Å². The number of hydrogen-bond acceptors (Lipinski definition) is 3. The van der Waals surface area contributed by atoms with Crippen LogP contribution in [0.25, 0.3) is 0 Å². The molecule has 120 valence electrons. The smallest absolute Gasteiger partial charge is 0.314 e. The summed E-state index contributed by atoms with van der Waals surface area (Å²) in [6.07, 6.45) is 5.51.